The van der Waals surface area contributed by atoms with Crippen molar-refractivity contribution < 1.29 is 4.79 Å². The van der Waals surface area contributed by atoms with Crippen LogP contribution in [0.3, 0.4) is 0 Å². The average Bonchev–Trinajstić information content (AvgIpc) is 3.16. The first kappa shape index (κ1) is 20.3. The molecule has 0 aliphatic carbocycles. The molecule has 30 heavy (non-hydrogen) atoms. The van der Waals surface area contributed by atoms with Crippen molar-refractivity contribution >= 4 is 34.2 Å². The Kier molecular flexibility index (Phi) is 5.72. The predicted octanol–water partition coefficient (Wildman–Crippen LogP) is 4.03. The second-order valence-corrected chi connectivity index (χ2v) is 9.16. The molecule has 4 aromatic rings. The summed E-state index contributed by atoms with van der Waals surface area (Å²) in [6, 6.07) is 18.1. The molecular formula is C23H25N5OS. The fourth-order valence-corrected chi connectivity index (χ4v) is 4.09. The van der Waals surface area contributed by atoms with Crippen LogP contribution in [0, 0.1) is 0 Å². The number of nitrogens with one attached hydrogen (secondary N) is 1. The third-order valence-electron chi connectivity index (χ3n) is 4.80. The fourth-order valence-electron chi connectivity index (χ4n) is 3.33. The van der Waals surface area contributed by atoms with Crippen molar-refractivity contribution in [2.24, 2.45) is 0 Å². The van der Waals surface area contributed by atoms with E-state index < -0.39 is 0 Å². The average molecular weight is 420 g/mol. The van der Waals surface area contributed by atoms with E-state index >= 15 is 0 Å². The zero-order chi connectivity index (χ0) is 21.1. The van der Waals surface area contributed by atoms with E-state index in [1.165, 1.54) is 17.3 Å². The van der Waals surface area contributed by atoms with E-state index in [1.54, 1.807) is 0 Å². The number of benzene rings is 2. The van der Waals surface area contributed by atoms with Gasteiger partial charge in [0.15, 0.2) is 10.8 Å². The molecule has 2 aromatic carbocycles. The van der Waals surface area contributed by atoms with E-state index in [1.807, 2.05) is 46.9 Å². The van der Waals surface area contributed by atoms with E-state index in [4.69, 9.17) is 4.98 Å². The van der Waals surface area contributed by atoms with E-state index in [0.29, 0.717) is 11.7 Å². The van der Waals surface area contributed by atoms with Crippen molar-refractivity contribution in [3.63, 3.8) is 0 Å². The van der Waals surface area contributed by atoms with Crippen LogP contribution in [0.4, 0.5) is 0 Å². The SMILES string of the molecule is CC(C)(C)c1nc2ccccc2c2nnc(SCC(=O)NCCc3ccccc3)n12. The van der Waals surface area contributed by atoms with Gasteiger partial charge in [0.05, 0.1) is 11.3 Å². The molecule has 0 atom stereocenters. The first-order valence-corrected chi connectivity index (χ1v) is 11.0. The van der Waals surface area contributed by atoms with Gasteiger partial charge in [-0.05, 0) is 24.1 Å². The molecule has 0 aliphatic rings. The van der Waals surface area contributed by atoms with E-state index in [-0.39, 0.29) is 17.1 Å². The highest BCUT2D eigenvalue weighted by Crippen LogP contribution is 2.29. The molecule has 4 rings (SSSR count). The zero-order valence-electron chi connectivity index (χ0n) is 17.4. The third-order valence-corrected chi connectivity index (χ3v) is 5.73. The van der Waals surface area contributed by atoms with Crippen LogP contribution in [0.5, 0.6) is 0 Å². The van der Waals surface area contributed by atoms with Gasteiger partial charge in [-0.25, -0.2) is 4.98 Å². The molecule has 0 fully saturated rings. The Labute approximate surface area is 180 Å². The molecule has 154 valence electrons. The monoisotopic (exact) mass is 419 g/mol. The van der Waals surface area contributed by atoms with Gasteiger partial charge in [-0.1, -0.05) is 75.0 Å². The summed E-state index contributed by atoms with van der Waals surface area (Å²) in [5.41, 5.74) is 2.69. The number of rotatable bonds is 6. The van der Waals surface area contributed by atoms with E-state index in [0.717, 1.165) is 28.8 Å². The molecule has 0 spiro atoms. The van der Waals surface area contributed by atoms with Gasteiger partial charge >= 0.3 is 0 Å². The highest BCUT2D eigenvalue weighted by Gasteiger charge is 2.24. The maximum atomic E-state index is 12.4. The van der Waals surface area contributed by atoms with Crippen molar-refractivity contribution in [1.82, 2.24) is 24.9 Å². The zero-order valence-corrected chi connectivity index (χ0v) is 18.2. The molecule has 2 aromatic heterocycles. The van der Waals surface area contributed by atoms with E-state index in [2.05, 4.69) is 48.4 Å². The minimum Gasteiger partial charge on any atom is -0.355 e. The number of carbonyl (C=O) groups is 1. The number of fused-ring (bicyclic) bond motifs is 3. The molecule has 0 radical (unpaired) electrons. The number of para-hydroxylation sites is 1. The van der Waals surface area contributed by atoms with Gasteiger partial charge in [0.25, 0.3) is 0 Å². The second-order valence-electron chi connectivity index (χ2n) is 8.22. The van der Waals surface area contributed by atoms with Crippen molar-refractivity contribution in [2.45, 2.75) is 37.8 Å². The fraction of sp³-hybridized carbons (Fsp3) is 0.304. The van der Waals surface area contributed by atoms with Crippen molar-refractivity contribution in [3.05, 3.63) is 66.0 Å². The molecular weight excluding hydrogens is 394 g/mol. The predicted molar refractivity (Wildman–Crippen MR) is 121 cm³/mol. The van der Waals surface area contributed by atoms with Gasteiger partial charge in [-0.3, -0.25) is 9.20 Å². The normalized spacial score (nSPS) is 11.8. The van der Waals surface area contributed by atoms with E-state index in [9.17, 15) is 4.79 Å². The number of thioether (sulfide) groups is 1. The summed E-state index contributed by atoms with van der Waals surface area (Å²) >= 11 is 1.39. The standard InChI is InChI=1S/C23H25N5OS/c1-23(2,3)21-25-18-12-8-7-11-17(18)20-26-27-22(28(20)21)30-15-19(29)24-14-13-16-9-5-4-6-10-16/h4-12H,13-15H2,1-3H3,(H,24,29). The molecule has 0 saturated heterocycles. The molecule has 2 heterocycles. The first-order chi connectivity index (χ1) is 14.4. The lowest BCUT2D eigenvalue weighted by atomic mass is 9.95. The Bertz CT molecular complexity index is 1180. The highest BCUT2D eigenvalue weighted by atomic mass is 32.2. The largest absolute Gasteiger partial charge is 0.355 e. The lowest BCUT2D eigenvalue weighted by Crippen LogP contribution is -2.27. The molecule has 0 bridgehead atoms. The van der Waals surface area contributed by atoms with Crippen LogP contribution in [0.1, 0.15) is 32.2 Å². The number of aromatic nitrogens is 4. The van der Waals surface area contributed by atoms with Gasteiger partial charge in [0.2, 0.25) is 5.91 Å². The minimum atomic E-state index is -0.197. The van der Waals surface area contributed by atoms with Gasteiger partial charge in [0.1, 0.15) is 5.82 Å². The Balaban J connectivity index is 1.51. The van der Waals surface area contributed by atoms with Crippen molar-refractivity contribution in [1.29, 1.82) is 0 Å². The second kappa shape index (κ2) is 8.44. The smallest absolute Gasteiger partial charge is 0.230 e. The van der Waals surface area contributed by atoms with Crippen LogP contribution in [0.25, 0.3) is 16.6 Å². The van der Waals surface area contributed by atoms with Crippen molar-refractivity contribution in [2.75, 3.05) is 12.3 Å². The summed E-state index contributed by atoms with van der Waals surface area (Å²) in [5, 5.41) is 13.4. The van der Waals surface area contributed by atoms with Crippen LogP contribution in [-0.2, 0) is 16.6 Å². The summed E-state index contributed by atoms with van der Waals surface area (Å²) in [5.74, 6) is 1.15. The van der Waals surface area contributed by atoms with Gasteiger partial charge in [0, 0.05) is 17.3 Å². The lowest BCUT2D eigenvalue weighted by Gasteiger charge is -2.20. The Morgan fingerprint density at radius 2 is 1.77 bits per heavy atom. The van der Waals surface area contributed by atoms with Gasteiger partial charge in [-0.2, -0.15) is 0 Å². The van der Waals surface area contributed by atoms with Crippen LogP contribution >= 0.6 is 11.8 Å². The number of carbonyl (C=O) groups excluding carboxylic acids is 1. The van der Waals surface area contributed by atoms with Crippen LogP contribution in [0.2, 0.25) is 0 Å². The van der Waals surface area contributed by atoms with Gasteiger partial charge < -0.3 is 5.32 Å². The van der Waals surface area contributed by atoms with Crippen LogP contribution in [-0.4, -0.2) is 37.8 Å². The molecule has 0 unspecified atom stereocenters. The number of hydrogen-bond acceptors (Lipinski definition) is 5. The molecule has 1 N–H and O–H groups in total. The van der Waals surface area contributed by atoms with Gasteiger partial charge in [-0.15, -0.1) is 10.2 Å². The Morgan fingerprint density at radius 1 is 1.03 bits per heavy atom. The highest BCUT2D eigenvalue weighted by molar-refractivity contribution is 7.99. The Morgan fingerprint density at radius 3 is 2.53 bits per heavy atom. The molecule has 0 aliphatic heterocycles. The lowest BCUT2D eigenvalue weighted by molar-refractivity contribution is -0.118. The first-order valence-electron chi connectivity index (χ1n) is 10.0. The third kappa shape index (κ3) is 4.31. The maximum absolute atomic E-state index is 12.4. The maximum Gasteiger partial charge on any atom is 0.230 e. The summed E-state index contributed by atoms with van der Waals surface area (Å²) in [4.78, 5) is 17.2. The van der Waals surface area contributed by atoms with Crippen LogP contribution < -0.4 is 5.32 Å². The van der Waals surface area contributed by atoms with Crippen molar-refractivity contribution in [3.8, 4) is 0 Å². The summed E-state index contributed by atoms with van der Waals surface area (Å²) in [6.07, 6.45) is 0.815. The number of hydrogen-bond donors (Lipinski definition) is 1. The number of amides is 1. The Hall–Kier alpha value is -2.93. The summed E-state index contributed by atoms with van der Waals surface area (Å²) < 4.78 is 1.99. The summed E-state index contributed by atoms with van der Waals surface area (Å²) in [7, 11) is 0. The van der Waals surface area contributed by atoms with Crippen LogP contribution in [0.15, 0.2) is 59.8 Å². The molecule has 7 heteroatoms. The minimum absolute atomic E-state index is 0.0151. The quantitative estimate of drug-likeness (QED) is 0.478. The molecule has 1 amide bonds. The molecule has 0 saturated carbocycles. The number of nitrogens with zero attached hydrogens (tertiary/aromatic N) is 4. The summed E-state index contributed by atoms with van der Waals surface area (Å²) in [6.45, 7) is 6.97. The topological polar surface area (TPSA) is 72.2 Å². The molecule has 6 nitrogen and oxygen atoms in total.